The summed E-state index contributed by atoms with van der Waals surface area (Å²) in [6.45, 7) is 4.30. The van der Waals surface area contributed by atoms with E-state index < -0.39 is 0 Å². The molecular formula is C13H18Cl2N2. The van der Waals surface area contributed by atoms with Crippen LogP contribution in [-0.2, 0) is 0 Å². The van der Waals surface area contributed by atoms with E-state index in [0.717, 1.165) is 43.5 Å². The Morgan fingerprint density at radius 3 is 2.76 bits per heavy atom. The number of nitrogens with zero attached hydrogens (tertiary/aromatic N) is 1. The Morgan fingerprint density at radius 1 is 1.29 bits per heavy atom. The lowest BCUT2D eigenvalue weighted by molar-refractivity contribution is 0.201. The third-order valence-corrected chi connectivity index (χ3v) is 3.66. The predicted molar refractivity (Wildman–Crippen MR) is 74.0 cm³/mol. The molecule has 0 amide bonds. The second-order valence-corrected chi connectivity index (χ2v) is 5.22. The minimum atomic E-state index is 0.413. The molecule has 1 aliphatic heterocycles. The van der Waals surface area contributed by atoms with Crippen molar-refractivity contribution < 1.29 is 0 Å². The highest BCUT2D eigenvalue weighted by Crippen LogP contribution is 2.19. The van der Waals surface area contributed by atoms with Crippen LogP contribution in [0.5, 0.6) is 0 Å². The summed E-state index contributed by atoms with van der Waals surface area (Å²) >= 11 is 11.6. The van der Waals surface area contributed by atoms with Gasteiger partial charge in [0.15, 0.2) is 0 Å². The van der Waals surface area contributed by atoms with E-state index in [9.17, 15) is 0 Å². The van der Waals surface area contributed by atoms with Crippen LogP contribution in [0, 0.1) is 0 Å². The van der Waals surface area contributed by atoms with Gasteiger partial charge in [-0.2, -0.15) is 0 Å². The Bertz CT molecular complexity index is 340. The maximum Gasteiger partial charge on any atom is 0.0449 e. The number of rotatable bonds is 4. The zero-order chi connectivity index (χ0) is 12.1. The highest BCUT2D eigenvalue weighted by atomic mass is 35.5. The smallest absolute Gasteiger partial charge is 0.0449 e. The lowest BCUT2D eigenvalue weighted by Gasteiger charge is -2.33. The molecule has 1 atom stereocenters. The molecule has 0 saturated carbocycles. The maximum atomic E-state index is 5.90. The summed E-state index contributed by atoms with van der Waals surface area (Å²) in [5, 5.41) is 4.34. The first-order valence-electron chi connectivity index (χ1n) is 6.07. The third-order valence-electron chi connectivity index (χ3n) is 3.14. The summed E-state index contributed by atoms with van der Waals surface area (Å²) in [4.78, 5) is 2.47. The Labute approximate surface area is 113 Å². The lowest BCUT2D eigenvalue weighted by Crippen LogP contribution is -2.46. The van der Waals surface area contributed by atoms with Crippen molar-refractivity contribution in [2.75, 3.05) is 32.1 Å². The Balaban J connectivity index is 1.94. The van der Waals surface area contributed by atoms with Gasteiger partial charge in [0.2, 0.25) is 0 Å². The molecule has 1 saturated heterocycles. The molecule has 1 fully saturated rings. The standard InChI is InChI=1S/C13H18Cl2N2/c14-6-1-8-17-9-7-16-13(10-17)11-2-4-12(15)5-3-11/h2-5,13,16H,1,6-10H2. The maximum absolute atomic E-state index is 5.90. The molecule has 0 aromatic heterocycles. The van der Waals surface area contributed by atoms with E-state index in [-0.39, 0.29) is 0 Å². The number of halogens is 2. The fourth-order valence-corrected chi connectivity index (χ4v) is 2.46. The molecule has 1 unspecified atom stereocenters. The van der Waals surface area contributed by atoms with Gasteiger partial charge in [0.1, 0.15) is 0 Å². The van der Waals surface area contributed by atoms with Crippen molar-refractivity contribution in [3.63, 3.8) is 0 Å². The van der Waals surface area contributed by atoms with E-state index >= 15 is 0 Å². The first kappa shape index (κ1) is 13.2. The van der Waals surface area contributed by atoms with Crippen molar-refractivity contribution in [3.8, 4) is 0 Å². The second kappa shape index (κ2) is 6.60. The molecule has 1 aromatic rings. The van der Waals surface area contributed by atoms with E-state index in [1.165, 1.54) is 5.56 Å². The topological polar surface area (TPSA) is 15.3 Å². The van der Waals surface area contributed by atoms with Gasteiger partial charge in [0.25, 0.3) is 0 Å². The largest absolute Gasteiger partial charge is 0.308 e. The van der Waals surface area contributed by atoms with Crippen LogP contribution in [-0.4, -0.2) is 37.0 Å². The van der Waals surface area contributed by atoms with Crippen LogP contribution < -0.4 is 5.32 Å². The molecule has 2 nitrogen and oxygen atoms in total. The number of hydrogen-bond donors (Lipinski definition) is 1. The summed E-state index contributed by atoms with van der Waals surface area (Å²) in [5.74, 6) is 0.746. The molecule has 1 heterocycles. The van der Waals surface area contributed by atoms with Gasteiger partial charge < -0.3 is 10.2 Å². The van der Waals surface area contributed by atoms with Crippen molar-refractivity contribution in [1.82, 2.24) is 10.2 Å². The zero-order valence-electron chi connectivity index (χ0n) is 9.83. The molecule has 1 aromatic carbocycles. The van der Waals surface area contributed by atoms with Crippen LogP contribution in [0.4, 0.5) is 0 Å². The van der Waals surface area contributed by atoms with E-state index in [4.69, 9.17) is 23.2 Å². The third kappa shape index (κ3) is 3.85. The van der Waals surface area contributed by atoms with Crippen LogP contribution in [0.1, 0.15) is 18.0 Å². The summed E-state index contributed by atoms with van der Waals surface area (Å²) in [6, 6.07) is 8.53. The van der Waals surface area contributed by atoms with E-state index in [0.29, 0.717) is 6.04 Å². The Morgan fingerprint density at radius 2 is 2.06 bits per heavy atom. The van der Waals surface area contributed by atoms with Crippen molar-refractivity contribution in [3.05, 3.63) is 34.9 Å². The van der Waals surface area contributed by atoms with Gasteiger partial charge in [-0.25, -0.2) is 0 Å². The minimum absolute atomic E-state index is 0.413. The monoisotopic (exact) mass is 272 g/mol. The van der Waals surface area contributed by atoms with Gasteiger partial charge in [0.05, 0.1) is 0 Å². The SMILES string of the molecule is ClCCCN1CCNC(c2ccc(Cl)cc2)C1. The van der Waals surface area contributed by atoms with Crippen molar-refractivity contribution >= 4 is 23.2 Å². The number of nitrogens with one attached hydrogen (secondary N) is 1. The van der Waals surface area contributed by atoms with Crippen LogP contribution in [0.25, 0.3) is 0 Å². The normalized spacial score (nSPS) is 21.6. The molecule has 94 valence electrons. The molecule has 4 heteroatoms. The van der Waals surface area contributed by atoms with Crippen LogP contribution in [0.3, 0.4) is 0 Å². The summed E-state index contributed by atoms with van der Waals surface area (Å²) < 4.78 is 0. The van der Waals surface area contributed by atoms with Gasteiger partial charge in [-0.1, -0.05) is 23.7 Å². The van der Waals surface area contributed by atoms with Crippen molar-refractivity contribution in [2.24, 2.45) is 0 Å². The fraction of sp³-hybridized carbons (Fsp3) is 0.538. The summed E-state index contributed by atoms with van der Waals surface area (Å²) in [7, 11) is 0. The molecular weight excluding hydrogens is 255 g/mol. The number of benzene rings is 1. The lowest BCUT2D eigenvalue weighted by atomic mass is 10.0. The number of piperazine rings is 1. The van der Waals surface area contributed by atoms with Crippen LogP contribution in [0.2, 0.25) is 5.02 Å². The Hall–Kier alpha value is -0.280. The zero-order valence-corrected chi connectivity index (χ0v) is 11.3. The first-order chi connectivity index (χ1) is 8.29. The fourth-order valence-electron chi connectivity index (χ4n) is 2.22. The molecule has 1 N–H and O–H groups in total. The molecule has 0 spiro atoms. The van der Waals surface area contributed by atoms with Gasteiger partial charge in [0, 0.05) is 36.6 Å². The van der Waals surface area contributed by atoms with Gasteiger partial charge in [-0.15, -0.1) is 11.6 Å². The molecule has 1 aliphatic rings. The molecule has 2 rings (SSSR count). The molecule has 0 bridgehead atoms. The molecule has 17 heavy (non-hydrogen) atoms. The molecule has 0 aliphatic carbocycles. The second-order valence-electron chi connectivity index (χ2n) is 4.40. The quantitative estimate of drug-likeness (QED) is 0.848. The average molecular weight is 273 g/mol. The highest BCUT2D eigenvalue weighted by molar-refractivity contribution is 6.30. The summed E-state index contributed by atoms with van der Waals surface area (Å²) in [6.07, 6.45) is 1.06. The first-order valence-corrected chi connectivity index (χ1v) is 6.98. The number of hydrogen-bond acceptors (Lipinski definition) is 2. The predicted octanol–water partition coefficient (Wildman–Crippen LogP) is 2.92. The van der Waals surface area contributed by atoms with Gasteiger partial charge >= 0.3 is 0 Å². The number of alkyl halides is 1. The summed E-state index contributed by atoms with van der Waals surface area (Å²) in [5.41, 5.74) is 1.31. The minimum Gasteiger partial charge on any atom is -0.308 e. The van der Waals surface area contributed by atoms with Gasteiger partial charge in [-0.3, -0.25) is 0 Å². The van der Waals surface area contributed by atoms with Crippen LogP contribution in [0.15, 0.2) is 24.3 Å². The van der Waals surface area contributed by atoms with Gasteiger partial charge in [-0.05, 0) is 30.7 Å². The molecule has 0 radical (unpaired) electrons. The van der Waals surface area contributed by atoms with E-state index in [1.54, 1.807) is 0 Å². The highest BCUT2D eigenvalue weighted by Gasteiger charge is 2.19. The van der Waals surface area contributed by atoms with E-state index in [1.807, 2.05) is 12.1 Å². The average Bonchev–Trinajstić information content (AvgIpc) is 2.37. The van der Waals surface area contributed by atoms with E-state index in [2.05, 4.69) is 22.3 Å². The Kier molecular flexibility index (Phi) is 5.11. The van der Waals surface area contributed by atoms with Crippen molar-refractivity contribution in [2.45, 2.75) is 12.5 Å². The van der Waals surface area contributed by atoms with Crippen LogP contribution >= 0.6 is 23.2 Å². The van der Waals surface area contributed by atoms with Crippen molar-refractivity contribution in [1.29, 1.82) is 0 Å².